The molecule has 1 aromatic carbocycles. The zero-order valence-electron chi connectivity index (χ0n) is 15.2. The first-order valence-corrected chi connectivity index (χ1v) is 8.97. The molecular formula is C20H24N2O4. The number of rotatable bonds is 7. The maximum absolute atomic E-state index is 12.8. The van der Waals surface area contributed by atoms with E-state index in [0.29, 0.717) is 49.2 Å². The van der Waals surface area contributed by atoms with Gasteiger partial charge in [0.1, 0.15) is 6.10 Å². The second kappa shape index (κ2) is 8.56. The second-order valence-electron chi connectivity index (χ2n) is 5.98. The number of likely N-dealkylation sites (tertiary alicyclic amines) is 1. The zero-order chi connectivity index (χ0) is 18.4. The maximum Gasteiger partial charge on any atom is 0.254 e. The first kappa shape index (κ1) is 18.0. The summed E-state index contributed by atoms with van der Waals surface area (Å²) in [6, 6.07) is 10.9. The van der Waals surface area contributed by atoms with E-state index in [1.165, 1.54) is 0 Å². The van der Waals surface area contributed by atoms with Gasteiger partial charge in [-0.1, -0.05) is 6.07 Å². The molecule has 1 fully saturated rings. The maximum atomic E-state index is 12.8. The average molecular weight is 356 g/mol. The summed E-state index contributed by atoms with van der Waals surface area (Å²) in [6.45, 7) is 6.10. The lowest BCUT2D eigenvalue weighted by molar-refractivity contribution is 0.0770. The highest BCUT2D eigenvalue weighted by molar-refractivity contribution is 5.95. The molecule has 26 heavy (non-hydrogen) atoms. The van der Waals surface area contributed by atoms with E-state index in [9.17, 15) is 4.79 Å². The van der Waals surface area contributed by atoms with Crippen LogP contribution < -0.4 is 14.2 Å². The van der Waals surface area contributed by atoms with Gasteiger partial charge in [0, 0.05) is 30.8 Å². The van der Waals surface area contributed by atoms with E-state index in [1.807, 2.05) is 32.0 Å². The molecule has 6 nitrogen and oxygen atoms in total. The highest BCUT2D eigenvalue weighted by Crippen LogP contribution is 2.29. The fourth-order valence-corrected chi connectivity index (χ4v) is 2.96. The smallest absolute Gasteiger partial charge is 0.254 e. The molecule has 0 radical (unpaired) electrons. The number of amides is 1. The molecule has 0 bridgehead atoms. The van der Waals surface area contributed by atoms with Crippen LogP contribution in [0, 0.1) is 0 Å². The Balaban J connectivity index is 1.66. The van der Waals surface area contributed by atoms with Crippen LogP contribution in [0.5, 0.6) is 17.4 Å². The van der Waals surface area contributed by atoms with E-state index < -0.39 is 0 Å². The molecule has 1 aliphatic rings. The molecule has 0 saturated carbocycles. The third kappa shape index (κ3) is 4.25. The molecule has 1 unspecified atom stereocenters. The van der Waals surface area contributed by atoms with Crippen LogP contribution in [0.2, 0.25) is 0 Å². The number of carbonyl (C=O) groups excluding carboxylic acids is 1. The van der Waals surface area contributed by atoms with Gasteiger partial charge in [0.15, 0.2) is 11.5 Å². The van der Waals surface area contributed by atoms with Crippen molar-refractivity contribution in [1.82, 2.24) is 9.88 Å². The van der Waals surface area contributed by atoms with Gasteiger partial charge in [-0.15, -0.1) is 0 Å². The number of ether oxygens (including phenoxy) is 3. The Hall–Kier alpha value is -2.76. The quantitative estimate of drug-likeness (QED) is 0.763. The van der Waals surface area contributed by atoms with E-state index in [1.54, 1.807) is 29.3 Å². The molecule has 1 amide bonds. The molecule has 3 rings (SSSR count). The van der Waals surface area contributed by atoms with Crippen LogP contribution >= 0.6 is 0 Å². The largest absolute Gasteiger partial charge is 0.490 e. The fourth-order valence-electron chi connectivity index (χ4n) is 2.96. The van der Waals surface area contributed by atoms with Crippen molar-refractivity contribution in [2.75, 3.05) is 26.3 Å². The standard InChI is InChI=1S/C20H24N2O4/c1-3-24-17-9-8-15(13-18(17)25-4-2)20(23)22-12-10-16(14-22)26-19-7-5-6-11-21-19/h5-9,11,13,16H,3-4,10,12,14H2,1-2H3. The molecule has 138 valence electrons. The number of nitrogens with zero attached hydrogens (tertiary/aromatic N) is 2. The van der Waals surface area contributed by atoms with Gasteiger partial charge in [-0.3, -0.25) is 4.79 Å². The third-order valence-electron chi connectivity index (χ3n) is 4.15. The molecule has 1 atom stereocenters. The van der Waals surface area contributed by atoms with Gasteiger partial charge < -0.3 is 19.1 Å². The molecular weight excluding hydrogens is 332 g/mol. The van der Waals surface area contributed by atoms with Crippen LogP contribution in [0.1, 0.15) is 30.6 Å². The van der Waals surface area contributed by atoms with Crippen molar-refractivity contribution >= 4 is 5.91 Å². The first-order chi connectivity index (χ1) is 12.7. The van der Waals surface area contributed by atoms with Gasteiger partial charge in [-0.2, -0.15) is 0 Å². The van der Waals surface area contributed by atoms with E-state index in [2.05, 4.69) is 4.98 Å². The summed E-state index contributed by atoms with van der Waals surface area (Å²) in [5.74, 6) is 1.82. The fraction of sp³-hybridized carbons (Fsp3) is 0.400. The first-order valence-electron chi connectivity index (χ1n) is 8.97. The Labute approximate surface area is 153 Å². The van der Waals surface area contributed by atoms with Crippen molar-refractivity contribution in [3.05, 3.63) is 48.2 Å². The number of hydrogen-bond acceptors (Lipinski definition) is 5. The zero-order valence-corrected chi connectivity index (χ0v) is 15.2. The summed E-state index contributed by atoms with van der Waals surface area (Å²) >= 11 is 0. The molecule has 0 spiro atoms. The molecule has 2 heterocycles. The molecule has 0 N–H and O–H groups in total. The number of aromatic nitrogens is 1. The summed E-state index contributed by atoms with van der Waals surface area (Å²) < 4.78 is 17.0. The number of carbonyl (C=O) groups is 1. The van der Waals surface area contributed by atoms with Crippen molar-refractivity contribution in [1.29, 1.82) is 0 Å². The van der Waals surface area contributed by atoms with Gasteiger partial charge in [-0.05, 0) is 38.1 Å². The van der Waals surface area contributed by atoms with E-state index in [0.717, 1.165) is 6.42 Å². The normalized spacial score (nSPS) is 16.4. The Morgan fingerprint density at radius 1 is 1.15 bits per heavy atom. The highest BCUT2D eigenvalue weighted by atomic mass is 16.5. The number of hydrogen-bond donors (Lipinski definition) is 0. The van der Waals surface area contributed by atoms with Crippen molar-refractivity contribution in [3.63, 3.8) is 0 Å². The average Bonchev–Trinajstić information content (AvgIpc) is 3.12. The Morgan fingerprint density at radius 3 is 2.69 bits per heavy atom. The summed E-state index contributed by atoms with van der Waals surface area (Å²) in [7, 11) is 0. The molecule has 6 heteroatoms. The molecule has 1 aliphatic heterocycles. The van der Waals surface area contributed by atoms with Crippen LogP contribution in [0.25, 0.3) is 0 Å². The van der Waals surface area contributed by atoms with Crippen LogP contribution in [0.3, 0.4) is 0 Å². The van der Waals surface area contributed by atoms with Gasteiger partial charge in [0.2, 0.25) is 5.88 Å². The Kier molecular flexibility index (Phi) is 5.94. The minimum absolute atomic E-state index is 0.0267. The SMILES string of the molecule is CCOc1ccc(C(=O)N2CCC(Oc3ccccn3)C2)cc1OCC. The second-order valence-corrected chi connectivity index (χ2v) is 5.98. The van der Waals surface area contributed by atoms with E-state index in [-0.39, 0.29) is 12.0 Å². The summed E-state index contributed by atoms with van der Waals surface area (Å²) in [5, 5.41) is 0. The van der Waals surface area contributed by atoms with Gasteiger partial charge in [-0.25, -0.2) is 4.98 Å². The predicted octanol–water partition coefficient (Wildman–Crippen LogP) is 3.17. The molecule has 0 aliphatic carbocycles. The predicted molar refractivity (Wildman–Crippen MR) is 98.0 cm³/mol. The van der Waals surface area contributed by atoms with Gasteiger partial charge >= 0.3 is 0 Å². The molecule has 1 aromatic heterocycles. The van der Waals surface area contributed by atoms with Crippen LogP contribution in [-0.2, 0) is 0 Å². The van der Waals surface area contributed by atoms with Crippen LogP contribution in [0.4, 0.5) is 0 Å². The summed E-state index contributed by atoms with van der Waals surface area (Å²) in [4.78, 5) is 18.8. The van der Waals surface area contributed by atoms with E-state index >= 15 is 0 Å². The topological polar surface area (TPSA) is 60.9 Å². The summed E-state index contributed by atoms with van der Waals surface area (Å²) in [5.41, 5.74) is 0.593. The van der Waals surface area contributed by atoms with Crippen LogP contribution in [0.15, 0.2) is 42.6 Å². The van der Waals surface area contributed by atoms with Crippen molar-refractivity contribution in [2.24, 2.45) is 0 Å². The Bertz CT molecular complexity index is 736. The van der Waals surface area contributed by atoms with Crippen molar-refractivity contribution < 1.29 is 19.0 Å². The van der Waals surface area contributed by atoms with Gasteiger partial charge in [0.25, 0.3) is 5.91 Å². The van der Waals surface area contributed by atoms with Crippen molar-refractivity contribution in [3.8, 4) is 17.4 Å². The molecule has 1 saturated heterocycles. The summed E-state index contributed by atoms with van der Waals surface area (Å²) in [6.07, 6.45) is 2.45. The van der Waals surface area contributed by atoms with E-state index in [4.69, 9.17) is 14.2 Å². The minimum Gasteiger partial charge on any atom is -0.490 e. The van der Waals surface area contributed by atoms with Crippen LogP contribution in [-0.4, -0.2) is 48.2 Å². The third-order valence-corrected chi connectivity index (χ3v) is 4.15. The molecule has 2 aromatic rings. The lowest BCUT2D eigenvalue weighted by Gasteiger charge is -2.18. The monoisotopic (exact) mass is 356 g/mol. The lowest BCUT2D eigenvalue weighted by atomic mass is 10.1. The van der Waals surface area contributed by atoms with Crippen molar-refractivity contribution in [2.45, 2.75) is 26.4 Å². The number of pyridine rings is 1. The van der Waals surface area contributed by atoms with Gasteiger partial charge in [0.05, 0.1) is 19.8 Å². The minimum atomic E-state index is -0.0390. The highest BCUT2D eigenvalue weighted by Gasteiger charge is 2.29. The number of benzene rings is 1. The lowest BCUT2D eigenvalue weighted by Crippen LogP contribution is -2.31. The Morgan fingerprint density at radius 2 is 1.96 bits per heavy atom.